The Morgan fingerprint density at radius 3 is 2.40 bits per heavy atom. The van der Waals surface area contributed by atoms with Gasteiger partial charge in [-0.05, 0) is 117 Å². The molecule has 0 aliphatic carbocycles. The summed E-state index contributed by atoms with van der Waals surface area (Å²) in [5.41, 5.74) is 20.6. The fourth-order valence-electron chi connectivity index (χ4n) is 4.65. The van der Waals surface area contributed by atoms with E-state index in [9.17, 15) is 0 Å². The number of aryl methyl sites for hydroxylation is 3. The van der Waals surface area contributed by atoms with Crippen LogP contribution in [-0.2, 0) is 0 Å². The lowest BCUT2D eigenvalue weighted by Crippen LogP contribution is -2.27. The Kier molecular flexibility index (Phi) is 8.33. The Morgan fingerprint density at radius 1 is 0.971 bits per heavy atom. The van der Waals surface area contributed by atoms with Crippen LogP contribution in [0.4, 0.5) is 17.1 Å². The van der Waals surface area contributed by atoms with Crippen molar-refractivity contribution >= 4 is 35.0 Å². The molecule has 1 fully saturated rings. The first-order valence-corrected chi connectivity index (χ1v) is 13.0. The van der Waals surface area contributed by atoms with Gasteiger partial charge in [0, 0.05) is 23.7 Å². The lowest BCUT2D eigenvalue weighted by Gasteiger charge is -2.15. The zero-order valence-electron chi connectivity index (χ0n) is 20.9. The van der Waals surface area contributed by atoms with Crippen LogP contribution in [0.2, 0.25) is 0 Å². The van der Waals surface area contributed by atoms with E-state index >= 15 is 0 Å². The quantitative estimate of drug-likeness (QED) is 0.108. The molecule has 184 valence electrons. The van der Waals surface area contributed by atoms with Crippen LogP contribution in [0.15, 0.2) is 64.5 Å². The predicted octanol–water partition coefficient (Wildman–Crippen LogP) is 5.61. The Bertz CT molecular complexity index is 1160. The third-order valence-electron chi connectivity index (χ3n) is 6.36. The normalized spacial score (nSPS) is 14.4. The van der Waals surface area contributed by atoms with Gasteiger partial charge in [-0.1, -0.05) is 24.3 Å². The molecule has 0 radical (unpaired) electrons. The fraction of sp³-hybridized carbons (Fsp3) is 0.321. The van der Waals surface area contributed by atoms with Crippen molar-refractivity contribution in [3.05, 3.63) is 71.3 Å². The van der Waals surface area contributed by atoms with Crippen LogP contribution in [0.1, 0.15) is 29.5 Å². The minimum atomic E-state index is 0.309. The van der Waals surface area contributed by atoms with E-state index in [0.29, 0.717) is 17.3 Å². The summed E-state index contributed by atoms with van der Waals surface area (Å²) in [6.07, 6.45) is 2.65. The summed E-state index contributed by atoms with van der Waals surface area (Å²) in [6, 6.07) is 18.6. The van der Waals surface area contributed by atoms with E-state index < -0.39 is 0 Å². The topological polar surface area (TPSA) is 91.7 Å². The number of guanidine groups is 1. The second-order valence-electron chi connectivity index (χ2n) is 9.19. The van der Waals surface area contributed by atoms with E-state index in [-0.39, 0.29) is 0 Å². The number of hydrogen-bond acceptors (Lipinski definition) is 5. The van der Waals surface area contributed by atoms with E-state index in [1.54, 1.807) is 11.9 Å². The third-order valence-corrected chi connectivity index (χ3v) is 7.20. The maximum Gasteiger partial charge on any atom is 0.198 e. The average molecular weight is 489 g/mol. The molecule has 1 saturated heterocycles. The first-order valence-electron chi connectivity index (χ1n) is 12.2. The SMILES string of the molecule is Cc1cc(-c2c(C)cccc2C)cc(N)c1N=C(N)Nc1cccc(SNCCN2CCCC2)c1. The van der Waals surface area contributed by atoms with Gasteiger partial charge in [-0.2, -0.15) is 0 Å². The molecule has 0 saturated carbocycles. The lowest BCUT2D eigenvalue weighted by atomic mass is 9.94. The Labute approximate surface area is 213 Å². The highest BCUT2D eigenvalue weighted by Gasteiger charge is 2.12. The van der Waals surface area contributed by atoms with Gasteiger partial charge in [-0.15, -0.1) is 0 Å². The predicted molar refractivity (Wildman–Crippen MR) is 151 cm³/mol. The fourth-order valence-corrected chi connectivity index (χ4v) is 5.34. The minimum absolute atomic E-state index is 0.309. The minimum Gasteiger partial charge on any atom is -0.397 e. The molecule has 3 aromatic rings. The lowest BCUT2D eigenvalue weighted by molar-refractivity contribution is 0.345. The van der Waals surface area contributed by atoms with Crippen LogP contribution in [0.25, 0.3) is 11.1 Å². The van der Waals surface area contributed by atoms with E-state index in [4.69, 9.17) is 11.5 Å². The van der Waals surface area contributed by atoms with E-state index in [1.807, 2.05) is 25.1 Å². The summed E-state index contributed by atoms with van der Waals surface area (Å²) in [7, 11) is 0. The Balaban J connectivity index is 1.42. The van der Waals surface area contributed by atoms with Crippen molar-refractivity contribution in [3.63, 3.8) is 0 Å². The van der Waals surface area contributed by atoms with Gasteiger partial charge in [0.05, 0.1) is 11.4 Å². The molecule has 6 nitrogen and oxygen atoms in total. The molecule has 1 aliphatic heterocycles. The van der Waals surface area contributed by atoms with Crippen molar-refractivity contribution in [2.45, 2.75) is 38.5 Å². The van der Waals surface area contributed by atoms with Crippen LogP contribution in [0.3, 0.4) is 0 Å². The first-order chi connectivity index (χ1) is 16.9. The highest BCUT2D eigenvalue weighted by molar-refractivity contribution is 7.97. The van der Waals surface area contributed by atoms with Gasteiger partial charge in [0.25, 0.3) is 0 Å². The van der Waals surface area contributed by atoms with Crippen molar-refractivity contribution in [1.82, 2.24) is 9.62 Å². The number of anilines is 2. The van der Waals surface area contributed by atoms with Gasteiger partial charge in [-0.25, -0.2) is 4.99 Å². The summed E-state index contributed by atoms with van der Waals surface area (Å²) in [5.74, 6) is 0.309. The molecule has 0 atom stereocenters. The molecule has 4 rings (SSSR count). The number of benzene rings is 3. The molecule has 6 N–H and O–H groups in total. The molecule has 7 heteroatoms. The van der Waals surface area contributed by atoms with E-state index in [1.165, 1.54) is 42.6 Å². The number of nitrogens with zero attached hydrogens (tertiary/aromatic N) is 2. The van der Waals surface area contributed by atoms with Gasteiger partial charge in [-0.3, -0.25) is 4.72 Å². The van der Waals surface area contributed by atoms with Crippen LogP contribution < -0.4 is 21.5 Å². The van der Waals surface area contributed by atoms with Crippen LogP contribution >= 0.6 is 11.9 Å². The second kappa shape index (κ2) is 11.6. The van der Waals surface area contributed by atoms with Crippen molar-refractivity contribution in [2.75, 3.05) is 37.2 Å². The summed E-state index contributed by atoms with van der Waals surface area (Å²) in [5, 5.41) is 3.21. The van der Waals surface area contributed by atoms with E-state index in [2.05, 4.69) is 70.2 Å². The first kappa shape index (κ1) is 25.1. The molecule has 1 heterocycles. The standard InChI is InChI=1S/C28H36N6S/c1-19-8-6-9-20(2)26(19)22-16-21(3)27(25(29)17-22)33-28(30)32-23-10-7-11-24(18-23)35-31-12-15-34-13-4-5-14-34/h6-11,16-18,31H,4-5,12-15,29H2,1-3H3,(H3,30,32,33). The average Bonchev–Trinajstić information content (AvgIpc) is 3.33. The van der Waals surface area contributed by atoms with Gasteiger partial charge in [0.1, 0.15) is 0 Å². The zero-order chi connectivity index (χ0) is 24.8. The van der Waals surface area contributed by atoms with Crippen LogP contribution in [-0.4, -0.2) is 37.0 Å². The van der Waals surface area contributed by atoms with Crippen LogP contribution in [0.5, 0.6) is 0 Å². The van der Waals surface area contributed by atoms with Gasteiger partial charge in [0.15, 0.2) is 5.96 Å². The number of hydrogen-bond donors (Lipinski definition) is 4. The highest BCUT2D eigenvalue weighted by atomic mass is 32.2. The number of nitrogens with two attached hydrogens (primary N) is 2. The maximum absolute atomic E-state index is 6.43. The Morgan fingerprint density at radius 2 is 1.69 bits per heavy atom. The zero-order valence-corrected chi connectivity index (χ0v) is 21.7. The van der Waals surface area contributed by atoms with Gasteiger partial charge in [0.2, 0.25) is 0 Å². The largest absolute Gasteiger partial charge is 0.397 e. The van der Waals surface area contributed by atoms with Crippen molar-refractivity contribution in [3.8, 4) is 11.1 Å². The second-order valence-corrected chi connectivity index (χ2v) is 10.2. The number of rotatable bonds is 8. The van der Waals surface area contributed by atoms with Gasteiger partial charge < -0.3 is 21.7 Å². The molecule has 3 aromatic carbocycles. The van der Waals surface area contributed by atoms with E-state index in [0.717, 1.165) is 34.8 Å². The smallest absolute Gasteiger partial charge is 0.198 e. The molecule has 0 aromatic heterocycles. The highest BCUT2D eigenvalue weighted by Crippen LogP contribution is 2.35. The maximum atomic E-state index is 6.43. The summed E-state index contributed by atoms with van der Waals surface area (Å²) in [6.45, 7) is 10.8. The van der Waals surface area contributed by atoms with Crippen LogP contribution in [0, 0.1) is 20.8 Å². The molecular weight excluding hydrogens is 452 g/mol. The molecule has 0 spiro atoms. The monoisotopic (exact) mass is 488 g/mol. The van der Waals surface area contributed by atoms with Gasteiger partial charge >= 0.3 is 0 Å². The molecule has 0 unspecified atom stereocenters. The third kappa shape index (κ3) is 6.57. The molecule has 0 amide bonds. The van der Waals surface area contributed by atoms with Crippen molar-refractivity contribution in [1.29, 1.82) is 0 Å². The number of aliphatic imine (C=N–C) groups is 1. The molecule has 1 aliphatic rings. The summed E-state index contributed by atoms with van der Waals surface area (Å²) in [4.78, 5) is 8.24. The number of nitrogens with one attached hydrogen (secondary N) is 2. The van der Waals surface area contributed by atoms with Crippen molar-refractivity contribution < 1.29 is 0 Å². The van der Waals surface area contributed by atoms with Crippen molar-refractivity contribution in [2.24, 2.45) is 10.7 Å². The Hall–Kier alpha value is -3.00. The number of nitrogen functional groups attached to an aromatic ring is 1. The summed E-state index contributed by atoms with van der Waals surface area (Å²) >= 11 is 1.64. The number of likely N-dealkylation sites (tertiary alicyclic amines) is 1. The summed E-state index contributed by atoms with van der Waals surface area (Å²) < 4.78 is 3.46. The molecule has 0 bridgehead atoms. The molecule has 35 heavy (non-hydrogen) atoms. The molecular formula is C28H36N6S.